The highest BCUT2D eigenvalue weighted by molar-refractivity contribution is 6.01. The number of amides is 1. The number of benzene rings is 3. The van der Waals surface area contributed by atoms with Gasteiger partial charge < -0.3 is 24.5 Å². The number of methoxy groups -OCH3 is 1. The third-order valence-corrected chi connectivity index (χ3v) is 5.92. The van der Waals surface area contributed by atoms with Crippen LogP contribution < -0.4 is 4.74 Å². The topological polar surface area (TPSA) is 74.6 Å². The van der Waals surface area contributed by atoms with Crippen molar-refractivity contribution in [2.24, 2.45) is 5.16 Å². The van der Waals surface area contributed by atoms with E-state index in [0.717, 1.165) is 27.6 Å². The lowest BCUT2D eigenvalue weighted by atomic mass is 9.96. The van der Waals surface area contributed by atoms with Crippen molar-refractivity contribution in [1.29, 1.82) is 0 Å². The van der Waals surface area contributed by atoms with E-state index in [1.807, 2.05) is 66.7 Å². The van der Waals surface area contributed by atoms with Gasteiger partial charge in [0.1, 0.15) is 18.6 Å². The number of carbonyl (C=O) groups is 1. The van der Waals surface area contributed by atoms with E-state index in [1.165, 1.54) is 11.1 Å². The van der Waals surface area contributed by atoms with E-state index in [-0.39, 0.29) is 18.1 Å². The zero-order chi connectivity index (χ0) is 24.8. The Morgan fingerprint density at radius 1 is 1.09 bits per heavy atom. The Balaban J connectivity index is 1.60. The molecule has 1 aliphatic heterocycles. The van der Waals surface area contributed by atoms with Gasteiger partial charge in [-0.1, -0.05) is 59.8 Å². The molecule has 4 rings (SSSR count). The number of nitrogens with zero attached hydrogens (tertiary/aromatic N) is 3. The second-order valence-corrected chi connectivity index (χ2v) is 8.47. The van der Waals surface area contributed by atoms with Crippen molar-refractivity contribution in [3.05, 3.63) is 102 Å². The lowest BCUT2D eigenvalue weighted by Crippen LogP contribution is -2.53. The molecule has 0 saturated heterocycles. The first-order valence-electron chi connectivity index (χ1n) is 11.3. The van der Waals surface area contributed by atoms with Crippen LogP contribution >= 0.6 is 0 Å². The van der Waals surface area contributed by atoms with Crippen LogP contribution in [0.1, 0.15) is 11.1 Å². The maximum absolute atomic E-state index is 13.0. The molecule has 0 spiro atoms. The first-order chi connectivity index (χ1) is 16.9. The predicted molar refractivity (Wildman–Crippen MR) is 137 cm³/mol. The van der Waals surface area contributed by atoms with E-state index in [1.54, 1.807) is 44.5 Å². The molecule has 3 aromatic carbocycles. The number of carbonyl (C=O) groups excluding carboxylic acids is 1. The molecule has 180 valence electrons. The van der Waals surface area contributed by atoms with Gasteiger partial charge in [-0.25, -0.2) is 0 Å². The molecule has 1 heterocycles. The van der Waals surface area contributed by atoms with Crippen LogP contribution in [0, 0.1) is 0 Å². The van der Waals surface area contributed by atoms with Crippen LogP contribution in [0.5, 0.6) is 5.75 Å². The molecular weight excluding hydrogens is 442 g/mol. The fourth-order valence-corrected chi connectivity index (χ4v) is 3.98. The summed E-state index contributed by atoms with van der Waals surface area (Å²) in [5.41, 5.74) is 0.290. The van der Waals surface area contributed by atoms with Crippen LogP contribution in [0.3, 0.4) is 0 Å². The molecule has 0 bridgehead atoms. The fourth-order valence-electron chi connectivity index (χ4n) is 3.98. The van der Waals surface area contributed by atoms with Gasteiger partial charge in [-0.15, -0.1) is 0 Å². The first-order valence-corrected chi connectivity index (χ1v) is 11.3. The normalized spacial score (nSPS) is 17.5. The number of ether oxygens (including phenoxy) is 1. The summed E-state index contributed by atoms with van der Waals surface area (Å²) in [5.74, 6) is 0.433. The van der Waals surface area contributed by atoms with Crippen molar-refractivity contribution in [1.82, 2.24) is 9.80 Å². The van der Waals surface area contributed by atoms with Gasteiger partial charge in [-0.2, -0.15) is 0 Å². The minimum absolute atomic E-state index is 0.182. The summed E-state index contributed by atoms with van der Waals surface area (Å²) in [5, 5.41) is 18.1. The van der Waals surface area contributed by atoms with Gasteiger partial charge in [0.25, 0.3) is 5.91 Å². The lowest BCUT2D eigenvalue weighted by Gasteiger charge is -2.39. The van der Waals surface area contributed by atoms with Crippen LogP contribution in [0.4, 0.5) is 0 Å². The number of fused-ring (bicyclic) bond motifs is 1. The number of likely N-dealkylation sites (N-methyl/N-ethyl adjacent to an activating group) is 1. The number of hydrogen-bond acceptors (Lipinski definition) is 6. The zero-order valence-electron chi connectivity index (χ0n) is 20.1. The smallest absolute Gasteiger partial charge is 0.254 e. The summed E-state index contributed by atoms with van der Waals surface area (Å²) in [6, 6.07) is 21.5. The van der Waals surface area contributed by atoms with Crippen molar-refractivity contribution >= 4 is 22.9 Å². The maximum Gasteiger partial charge on any atom is 0.254 e. The van der Waals surface area contributed by atoms with Crippen molar-refractivity contribution < 1.29 is 19.5 Å². The van der Waals surface area contributed by atoms with Crippen molar-refractivity contribution in [3.63, 3.8) is 0 Å². The van der Waals surface area contributed by atoms with Crippen molar-refractivity contribution in [2.45, 2.75) is 18.9 Å². The Bertz CT molecular complexity index is 1280. The molecule has 0 saturated carbocycles. The molecule has 0 radical (unpaired) electrons. The molecule has 1 unspecified atom stereocenters. The summed E-state index contributed by atoms with van der Waals surface area (Å²) in [7, 11) is 4.90. The molecule has 7 nitrogen and oxygen atoms in total. The molecule has 0 fully saturated rings. The average molecular weight is 472 g/mol. The Morgan fingerprint density at radius 3 is 2.57 bits per heavy atom. The van der Waals surface area contributed by atoms with E-state index >= 15 is 0 Å². The predicted octanol–water partition coefficient (Wildman–Crippen LogP) is 4.08. The molecule has 35 heavy (non-hydrogen) atoms. The summed E-state index contributed by atoms with van der Waals surface area (Å²) >= 11 is 0. The summed E-state index contributed by atoms with van der Waals surface area (Å²) in [4.78, 5) is 21.6. The summed E-state index contributed by atoms with van der Waals surface area (Å²) in [6.45, 7) is 0.563. The van der Waals surface area contributed by atoms with Crippen LogP contribution in [0.2, 0.25) is 0 Å². The van der Waals surface area contributed by atoms with Gasteiger partial charge in [0.2, 0.25) is 5.72 Å². The second kappa shape index (κ2) is 10.4. The van der Waals surface area contributed by atoms with E-state index in [0.29, 0.717) is 6.54 Å². The summed E-state index contributed by atoms with van der Waals surface area (Å²) < 4.78 is 5.17. The largest absolute Gasteiger partial charge is 0.497 e. The Hall–Kier alpha value is -4.10. The van der Waals surface area contributed by atoms with Gasteiger partial charge in [0.05, 0.1) is 12.7 Å². The molecule has 0 aliphatic carbocycles. The van der Waals surface area contributed by atoms with Gasteiger partial charge in [0.15, 0.2) is 0 Å². The number of hydrogen-bond donors (Lipinski definition) is 1. The molecule has 1 amide bonds. The maximum atomic E-state index is 13.0. The third kappa shape index (κ3) is 5.20. The van der Waals surface area contributed by atoms with Crippen LogP contribution in [0.25, 0.3) is 10.8 Å². The molecule has 0 aromatic heterocycles. The quantitative estimate of drug-likeness (QED) is 0.396. The highest BCUT2D eigenvalue weighted by atomic mass is 16.6. The standard InChI is InChI=1S/C28H29N3O4/c1-30(2)27(32)26-12-7-17-31(18-23-10-6-9-22-8-4-5-11-25(22)23)28(26,33)20-29-35-19-21-13-15-24(34-3)16-14-21/h4-17,20,33H,18-19H2,1-3H3. The van der Waals surface area contributed by atoms with Crippen molar-refractivity contribution in [2.75, 3.05) is 21.2 Å². The number of oxime groups is 1. The van der Waals surface area contributed by atoms with Crippen LogP contribution in [-0.2, 0) is 22.8 Å². The van der Waals surface area contributed by atoms with E-state index in [4.69, 9.17) is 9.57 Å². The first kappa shape index (κ1) is 24.0. The number of allylic oxidation sites excluding steroid dienone is 2. The SMILES string of the molecule is COc1ccc(CON=CC2(O)C(C(=O)N(C)C)=CC=CN2Cc2cccc3ccccc23)cc1. The molecule has 7 heteroatoms. The van der Waals surface area contributed by atoms with E-state index in [2.05, 4.69) is 5.16 Å². The van der Waals surface area contributed by atoms with Gasteiger partial charge in [-0.3, -0.25) is 4.79 Å². The van der Waals surface area contributed by atoms with Gasteiger partial charge in [-0.05, 0) is 46.2 Å². The van der Waals surface area contributed by atoms with Gasteiger partial charge >= 0.3 is 0 Å². The molecule has 3 aromatic rings. The van der Waals surface area contributed by atoms with Crippen molar-refractivity contribution in [3.8, 4) is 5.75 Å². The third-order valence-electron chi connectivity index (χ3n) is 5.92. The van der Waals surface area contributed by atoms with E-state index in [9.17, 15) is 9.90 Å². The minimum Gasteiger partial charge on any atom is -0.497 e. The van der Waals surface area contributed by atoms with Gasteiger partial charge in [0, 0.05) is 26.8 Å². The molecule has 1 aliphatic rings. The monoisotopic (exact) mass is 471 g/mol. The van der Waals surface area contributed by atoms with E-state index < -0.39 is 5.72 Å². The molecule has 1 N–H and O–H groups in total. The highest BCUT2D eigenvalue weighted by Crippen LogP contribution is 2.30. The number of aliphatic hydroxyl groups is 1. The average Bonchev–Trinajstić information content (AvgIpc) is 2.88. The Labute approximate surface area is 205 Å². The van der Waals surface area contributed by atoms with Crippen LogP contribution in [-0.4, -0.2) is 54.0 Å². The minimum atomic E-state index is -1.80. The highest BCUT2D eigenvalue weighted by Gasteiger charge is 2.41. The summed E-state index contributed by atoms with van der Waals surface area (Å²) in [6.07, 6.45) is 6.39. The molecular formula is C28H29N3O4. The van der Waals surface area contributed by atoms with Crippen LogP contribution in [0.15, 0.2) is 95.8 Å². The second-order valence-electron chi connectivity index (χ2n) is 8.47. The molecule has 1 atom stereocenters. The number of rotatable bonds is 8. The lowest BCUT2D eigenvalue weighted by molar-refractivity contribution is -0.128. The fraction of sp³-hybridized carbons (Fsp3) is 0.214. The zero-order valence-corrected chi connectivity index (χ0v) is 20.1. The Kier molecular flexibility index (Phi) is 7.17. The Morgan fingerprint density at radius 2 is 1.83 bits per heavy atom.